The molecule has 2 aliphatic rings. The molecule has 3 heteroatoms. The van der Waals surface area contributed by atoms with Crippen molar-refractivity contribution in [1.82, 2.24) is 4.90 Å². The number of carbonyl (C=O) groups is 1. The van der Waals surface area contributed by atoms with Crippen molar-refractivity contribution in [2.24, 2.45) is 5.41 Å². The average molecular weight is 217 g/mol. The molecule has 0 radical (unpaired) electrons. The standard InChI is InChI=1S/C13H15NO2/c1-13(8-16-9-13)7-14-6-10-4-2-3-5-11(10)12(14)15/h2-5H,6-9H2,1H3. The second kappa shape index (κ2) is 3.32. The molecule has 1 aromatic rings. The predicted molar refractivity (Wildman–Crippen MR) is 60.1 cm³/mol. The number of amides is 1. The molecule has 2 heterocycles. The van der Waals surface area contributed by atoms with Gasteiger partial charge in [-0.3, -0.25) is 4.79 Å². The lowest BCUT2D eigenvalue weighted by Crippen LogP contribution is -2.48. The zero-order valence-corrected chi connectivity index (χ0v) is 9.40. The van der Waals surface area contributed by atoms with Crippen molar-refractivity contribution >= 4 is 5.91 Å². The van der Waals surface area contributed by atoms with Crippen LogP contribution in [0.3, 0.4) is 0 Å². The number of nitrogens with zero attached hydrogens (tertiary/aromatic N) is 1. The Morgan fingerprint density at radius 2 is 2.12 bits per heavy atom. The Kier molecular flexibility index (Phi) is 2.04. The van der Waals surface area contributed by atoms with Crippen LogP contribution < -0.4 is 0 Å². The number of rotatable bonds is 2. The van der Waals surface area contributed by atoms with E-state index < -0.39 is 0 Å². The lowest BCUT2D eigenvalue weighted by molar-refractivity contribution is -0.111. The molecule has 0 spiro atoms. The first kappa shape index (κ1) is 9.85. The van der Waals surface area contributed by atoms with E-state index in [1.807, 2.05) is 29.2 Å². The van der Waals surface area contributed by atoms with Crippen molar-refractivity contribution < 1.29 is 9.53 Å². The topological polar surface area (TPSA) is 29.5 Å². The summed E-state index contributed by atoms with van der Waals surface area (Å²) in [6.07, 6.45) is 0. The lowest BCUT2D eigenvalue weighted by Gasteiger charge is -2.40. The number of hydrogen-bond donors (Lipinski definition) is 0. The summed E-state index contributed by atoms with van der Waals surface area (Å²) < 4.78 is 5.22. The largest absolute Gasteiger partial charge is 0.380 e. The molecule has 0 unspecified atom stereocenters. The van der Waals surface area contributed by atoms with Crippen LogP contribution in [-0.4, -0.2) is 30.6 Å². The summed E-state index contributed by atoms with van der Waals surface area (Å²) in [5.41, 5.74) is 2.18. The Balaban J connectivity index is 1.79. The summed E-state index contributed by atoms with van der Waals surface area (Å²) in [5, 5.41) is 0. The van der Waals surface area contributed by atoms with Crippen molar-refractivity contribution in [1.29, 1.82) is 0 Å². The lowest BCUT2D eigenvalue weighted by atomic mass is 9.88. The normalized spacial score (nSPS) is 21.8. The highest BCUT2D eigenvalue weighted by atomic mass is 16.5. The van der Waals surface area contributed by atoms with Crippen LogP contribution in [0, 0.1) is 5.41 Å². The van der Waals surface area contributed by atoms with Crippen LogP contribution in [-0.2, 0) is 11.3 Å². The van der Waals surface area contributed by atoms with Crippen LogP contribution in [0.4, 0.5) is 0 Å². The quantitative estimate of drug-likeness (QED) is 0.754. The third-order valence-corrected chi connectivity index (χ3v) is 3.37. The fourth-order valence-electron chi connectivity index (χ4n) is 2.44. The second-order valence-electron chi connectivity index (χ2n) is 5.12. The van der Waals surface area contributed by atoms with Crippen LogP contribution in [0.2, 0.25) is 0 Å². The first-order chi connectivity index (χ1) is 7.68. The third kappa shape index (κ3) is 1.43. The molecule has 2 aliphatic heterocycles. The molecule has 1 fully saturated rings. The van der Waals surface area contributed by atoms with Crippen LogP contribution in [0.1, 0.15) is 22.8 Å². The molecule has 0 aliphatic carbocycles. The third-order valence-electron chi connectivity index (χ3n) is 3.37. The Morgan fingerprint density at radius 3 is 2.75 bits per heavy atom. The zero-order valence-electron chi connectivity index (χ0n) is 9.40. The van der Waals surface area contributed by atoms with Gasteiger partial charge < -0.3 is 9.64 Å². The first-order valence-corrected chi connectivity index (χ1v) is 5.63. The molecule has 84 valence electrons. The molecule has 1 saturated heterocycles. The monoisotopic (exact) mass is 217 g/mol. The fraction of sp³-hybridized carbons (Fsp3) is 0.462. The van der Waals surface area contributed by atoms with Crippen molar-refractivity contribution in [2.45, 2.75) is 13.5 Å². The van der Waals surface area contributed by atoms with E-state index in [1.54, 1.807) is 0 Å². The maximum Gasteiger partial charge on any atom is 0.254 e. The highest BCUT2D eigenvalue weighted by molar-refractivity contribution is 5.98. The van der Waals surface area contributed by atoms with Gasteiger partial charge in [0, 0.05) is 24.1 Å². The Labute approximate surface area is 95.0 Å². The first-order valence-electron chi connectivity index (χ1n) is 5.63. The summed E-state index contributed by atoms with van der Waals surface area (Å²) in [6, 6.07) is 7.86. The van der Waals surface area contributed by atoms with Gasteiger partial charge in [-0.1, -0.05) is 25.1 Å². The number of ether oxygens (including phenoxy) is 1. The molecule has 3 rings (SSSR count). The van der Waals surface area contributed by atoms with Gasteiger partial charge in [-0.15, -0.1) is 0 Å². The Morgan fingerprint density at radius 1 is 1.38 bits per heavy atom. The molecule has 3 nitrogen and oxygen atoms in total. The van der Waals surface area contributed by atoms with Gasteiger partial charge in [-0.25, -0.2) is 0 Å². The summed E-state index contributed by atoms with van der Waals surface area (Å²) in [6.45, 7) is 5.28. The van der Waals surface area contributed by atoms with Crippen LogP contribution in [0.5, 0.6) is 0 Å². The smallest absolute Gasteiger partial charge is 0.254 e. The van der Waals surface area contributed by atoms with Gasteiger partial charge in [0.2, 0.25) is 0 Å². The Hall–Kier alpha value is -1.35. The van der Waals surface area contributed by atoms with Gasteiger partial charge in [0.15, 0.2) is 0 Å². The summed E-state index contributed by atoms with van der Waals surface area (Å²) in [4.78, 5) is 14.0. The fourth-order valence-corrected chi connectivity index (χ4v) is 2.44. The molecule has 1 amide bonds. The molecule has 0 N–H and O–H groups in total. The van der Waals surface area contributed by atoms with Crippen molar-refractivity contribution in [3.05, 3.63) is 35.4 Å². The predicted octanol–water partition coefficient (Wildman–Crippen LogP) is 1.68. The summed E-state index contributed by atoms with van der Waals surface area (Å²) in [5.74, 6) is 0.170. The van der Waals surface area contributed by atoms with Gasteiger partial charge >= 0.3 is 0 Å². The minimum absolute atomic E-state index is 0.164. The van der Waals surface area contributed by atoms with E-state index >= 15 is 0 Å². The van der Waals surface area contributed by atoms with Gasteiger partial charge in [0.05, 0.1) is 13.2 Å². The van der Waals surface area contributed by atoms with Gasteiger partial charge in [0.1, 0.15) is 0 Å². The molecular weight excluding hydrogens is 202 g/mol. The van der Waals surface area contributed by atoms with E-state index in [1.165, 1.54) is 0 Å². The second-order valence-corrected chi connectivity index (χ2v) is 5.12. The molecule has 0 atom stereocenters. The molecule has 1 aromatic carbocycles. The van der Waals surface area contributed by atoms with Gasteiger partial charge in [-0.2, -0.15) is 0 Å². The molecule has 0 bridgehead atoms. The highest BCUT2D eigenvalue weighted by Gasteiger charge is 2.38. The highest BCUT2D eigenvalue weighted by Crippen LogP contribution is 2.31. The average Bonchev–Trinajstić information content (AvgIpc) is 2.55. The summed E-state index contributed by atoms with van der Waals surface area (Å²) in [7, 11) is 0. The van der Waals surface area contributed by atoms with Crippen LogP contribution >= 0.6 is 0 Å². The minimum Gasteiger partial charge on any atom is -0.380 e. The van der Waals surface area contributed by atoms with E-state index in [0.29, 0.717) is 0 Å². The maximum atomic E-state index is 12.1. The number of carbonyl (C=O) groups excluding carboxylic acids is 1. The van der Waals surface area contributed by atoms with E-state index in [4.69, 9.17) is 4.74 Å². The van der Waals surface area contributed by atoms with E-state index in [0.717, 1.165) is 37.4 Å². The van der Waals surface area contributed by atoms with Crippen molar-refractivity contribution in [3.63, 3.8) is 0 Å². The molecule has 16 heavy (non-hydrogen) atoms. The number of benzene rings is 1. The van der Waals surface area contributed by atoms with Crippen LogP contribution in [0.25, 0.3) is 0 Å². The SMILES string of the molecule is CC1(CN2Cc3ccccc3C2=O)COC1. The Bertz CT molecular complexity index is 437. The van der Waals surface area contributed by atoms with E-state index in [9.17, 15) is 4.79 Å². The molecular formula is C13H15NO2. The van der Waals surface area contributed by atoms with Crippen molar-refractivity contribution in [2.75, 3.05) is 19.8 Å². The minimum atomic E-state index is 0.164. The summed E-state index contributed by atoms with van der Waals surface area (Å²) >= 11 is 0. The van der Waals surface area contributed by atoms with Crippen molar-refractivity contribution in [3.8, 4) is 0 Å². The molecule has 0 saturated carbocycles. The van der Waals surface area contributed by atoms with Crippen LogP contribution in [0.15, 0.2) is 24.3 Å². The number of hydrogen-bond acceptors (Lipinski definition) is 2. The zero-order chi connectivity index (χ0) is 11.2. The molecule has 0 aromatic heterocycles. The maximum absolute atomic E-state index is 12.1. The van der Waals surface area contributed by atoms with Gasteiger partial charge in [0.25, 0.3) is 5.91 Å². The van der Waals surface area contributed by atoms with E-state index in [2.05, 4.69) is 6.92 Å². The number of fused-ring (bicyclic) bond motifs is 1. The van der Waals surface area contributed by atoms with E-state index in [-0.39, 0.29) is 11.3 Å². The van der Waals surface area contributed by atoms with Gasteiger partial charge in [-0.05, 0) is 11.6 Å².